The van der Waals surface area contributed by atoms with Crippen LogP contribution in [0.4, 0.5) is 0 Å². The Kier molecular flexibility index (Phi) is 53.4. The first-order valence-corrected chi connectivity index (χ1v) is 28.4. The molecule has 0 bridgehead atoms. The van der Waals surface area contributed by atoms with E-state index in [0.717, 1.165) is 122 Å². The van der Waals surface area contributed by atoms with Crippen molar-refractivity contribution in [3.05, 3.63) is 109 Å². The molecular weight excluding hydrogens is 853 g/mol. The second kappa shape index (κ2) is 56.7. The number of ether oxygens (including phenoxy) is 3. The van der Waals surface area contributed by atoms with Gasteiger partial charge < -0.3 is 14.2 Å². The minimum atomic E-state index is -0.799. The van der Waals surface area contributed by atoms with Crippen LogP contribution in [-0.4, -0.2) is 37.2 Å². The van der Waals surface area contributed by atoms with E-state index in [1.165, 1.54) is 89.9 Å². The molecule has 0 aliphatic heterocycles. The third-order valence-corrected chi connectivity index (χ3v) is 11.8. The lowest BCUT2D eigenvalue weighted by atomic mass is 10.1. The summed E-state index contributed by atoms with van der Waals surface area (Å²) in [6.45, 7) is 6.36. The first-order valence-electron chi connectivity index (χ1n) is 28.4. The highest BCUT2D eigenvalue weighted by Gasteiger charge is 2.19. The number of carbonyl (C=O) groups excluding carboxylic acids is 3. The van der Waals surface area contributed by atoms with Gasteiger partial charge in [0.15, 0.2) is 6.10 Å². The predicted molar refractivity (Wildman–Crippen MR) is 297 cm³/mol. The summed E-state index contributed by atoms with van der Waals surface area (Å²) in [5.74, 6) is -0.931. The average molecular weight is 958 g/mol. The summed E-state index contributed by atoms with van der Waals surface area (Å²) >= 11 is 0. The van der Waals surface area contributed by atoms with E-state index in [1.54, 1.807) is 0 Å². The van der Waals surface area contributed by atoms with Crippen LogP contribution in [0.5, 0.6) is 0 Å². The molecule has 0 aliphatic rings. The van der Waals surface area contributed by atoms with Crippen LogP contribution >= 0.6 is 0 Å². The molecule has 0 aromatic carbocycles. The summed E-state index contributed by atoms with van der Waals surface area (Å²) in [5.41, 5.74) is 0. The maximum absolute atomic E-state index is 12.9. The van der Waals surface area contributed by atoms with Crippen molar-refractivity contribution in [3.8, 4) is 0 Å². The molecule has 69 heavy (non-hydrogen) atoms. The van der Waals surface area contributed by atoms with Gasteiger partial charge in [0.2, 0.25) is 0 Å². The Morgan fingerprint density at radius 1 is 0.319 bits per heavy atom. The van der Waals surface area contributed by atoms with Crippen LogP contribution in [0.3, 0.4) is 0 Å². The van der Waals surface area contributed by atoms with Crippen molar-refractivity contribution in [2.45, 2.75) is 258 Å². The van der Waals surface area contributed by atoms with E-state index in [0.29, 0.717) is 19.3 Å². The predicted octanol–water partition coefficient (Wildman–Crippen LogP) is 19.1. The van der Waals surface area contributed by atoms with Crippen LogP contribution < -0.4 is 0 Å². The van der Waals surface area contributed by atoms with Crippen molar-refractivity contribution in [2.75, 3.05) is 13.2 Å². The van der Waals surface area contributed by atoms with Crippen LogP contribution in [0.1, 0.15) is 252 Å². The average Bonchev–Trinajstić information content (AvgIpc) is 3.35. The number of unbranched alkanes of at least 4 members (excludes halogenated alkanes) is 24. The fourth-order valence-corrected chi connectivity index (χ4v) is 7.62. The Morgan fingerprint density at radius 2 is 0.623 bits per heavy atom. The van der Waals surface area contributed by atoms with Gasteiger partial charge in [-0.25, -0.2) is 0 Å². The van der Waals surface area contributed by atoms with Gasteiger partial charge in [-0.3, -0.25) is 14.4 Å². The number of hydrogen-bond donors (Lipinski definition) is 0. The molecule has 0 fully saturated rings. The summed E-state index contributed by atoms with van der Waals surface area (Å²) in [6.07, 6.45) is 76.4. The summed E-state index contributed by atoms with van der Waals surface area (Å²) in [6, 6.07) is 0. The van der Waals surface area contributed by atoms with E-state index < -0.39 is 6.10 Å². The largest absolute Gasteiger partial charge is 0.462 e. The van der Waals surface area contributed by atoms with Crippen molar-refractivity contribution < 1.29 is 28.6 Å². The number of esters is 3. The molecule has 392 valence electrons. The molecule has 0 rings (SSSR count). The van der Waals surface area contributed by atoms with Gasteiger partial charge in [-0.05, 0) is 103 Å². The van der Waals surface area contributed by atoms with Gasteiger partial charge in [0.05, 0.1) is 0 Å². The number of carbonyl (C=O) groups is 3. The third kappa shape index (κ3) is 54.9. The molecule has 0 spiro atoms. The van der Waals surface area contributed by atoms with E-state index in [9.17, 15) is 14.4 Å². The van der Waals surface area contributed by atoms with Crippen molar-refractivity contribution in [2.24, 2.45) is 0 Å². The maximum Gasteiger partial charge on any atom is 0.306 e. The molecule has 0 amide bonds. The van der Waals surface area contributed by atoms with Crippen LogP contribution in [0.25, 0.3) is 0 Å². The van der Waals surface area contributed by atoms with Gasteiger partial charge in [0, 0.05) is 19.3 Å². The molecule has 1 atom stereocenters. The SMILES string of the molecule is CC/C=C\C/C=C\C/C=C\CCCCCCCCCCCC(=O)OCC(COC(=O)CCCCCCCCC/C=C\C/C=C\CC)OC(=O)CCCCCCC\C=C/C=C\C=C/C=C\CCCCC. The van der Waals surface area contributed by atoms with Crippen molar-refractivity contribution >= 4 is 17.9 Å². The fourth-order valence-electron chi connectivity index (χ4n) is 7.62. The third-order valence-electron chi connectivity index (χ3n) is 11.8. The summed E-state index contributed by atoms with van der Waals surface area (Å²) < 4.78 is 16.8. The molecule has 0 radical (unpaired) electrons. The first kappa shape index (κ1) is 65.1. The second-order valence-corrected chi connectivity index (χ2v) is 18.5. The Morgan fingerprint density at radius 3 is 1.01 bits per heavy atom. The number of hydrogen-bond acceptors (Lipinski definition) is 6. The van der Waals surface area contributed by atoms with Gasteiger partial charge in [-0.15, -0.1) is 0 Å². The summed E-state index contributed by atoms with van der Waals surface area (Å²) in [5, 5.41) is 0. The zero-order chi connectivity index (χ0) is 50.0. The van der Waals surface area contributed by atoms with E-state index in [4.69, 9.17) is 14.2 Å². The number of rotatable bonds is 50. The first-order chi connectivity index (χ1) is 34.0. The Hall–Kier alpha value is -3.93. The Bertz CT molecular complexity index is 1420. The summed E-state index contributed by atoms with van der Waals surface area (Å²) in [7, 11) is 0. The van der Waals surface area contributed by atoms with Gasteiger partial charge in [0.1, 0.15) is 13.2 Å². The zero-order valence-corrected chi connectivity index (χ0v) is 44.8. The minimum Gasteiger partial charge on any atom is -0.462 e. The van der Waals surface area contributed by atoms with Crippen LogP contribution in [0.2, 0.25) is 0 Å². The molecule has 0 aromatic rings. The second-order valence-electron chi connectivity index (χ2n) is 18.5. The highest BCUT2D eigenvalue weighted by atomic mass is 16.6. The monoisotopic (exact) mass is 957 g/mol. The van der Waals surface area contributed by atoms with Crippen LogP contribution in [-0.2, 0) is 28.6 Å². The van der Waals surface area contributed by atoms with Crippen molar-refractivity contribution in [3.63, 3.8) is 0 Å². The van der Waals surface area contributed by atoms with E-state index in [2.05, 4.69) is 130 Å². The quantitative estimate of drug-likeness (QED) is 0.0199. The number of allylic oxidation sites excluding steroid dienone is 18. The molecule has 6 nitrogen and oxygen atoms in total. The van der Waals surface area contributed by atoms with Crippen LogP contribution in [0.15, 0.2) is 109 Å². The topological polar surface area (TPSA) is 78.9 Å². The van der Waals surface area contributed by atoms with Gasteiger partial charge in [-0.2, -0.15) is 0 Å². The molecule has 0 aliphatic carbocycles. The van der Waals surface area contributed by atoms with Crippen LogP contribution in [0, 0.1) is 0 Å². The van der Waals surface area contributed by atoms with Crippen molar-refractivity contribution in [1.82, 2.24) is 0 Å². The van der Waals surface area contributed by atoms with Gasteiger partial charge in [-0.1, -0.05) is 239 Å². The molecule has 6 heteroatoms. The lowest BCUT2D eigenvalue weighted by Gasteiger charge is -2.18. The Balaban J connectivity index is 4.45. The summed E-state index contributed by atoms with van der Waals surface area (Å²) in [4.78, 5) is 38.2. The lowest BCUT2D eigenvalue weighted by Crippen LogP contribution is -2.30. The zero-order valence-electron chi connectivity index (χ0n) is 44.8. The van der Waals surface area contributed by atoms with E-state index in [1.807, 2.05) is 0 Å². The molecule has 1 unspecified atom stereocenters. The van der Waals surface area contributed by atoms with Gasteiger partial charge >= 0.3 is 17.9 Å². The standard InChI is InChI=1S/C63H104O6/c1-4-7-10-13-16-19-22-25-28-30-32-34-35-38-41-44-47-50-53-56-62(65)68-59-60(58-67-61(64)55-52-49-46-43-40-37-27-24-21-18-15-12-9-6-3)69-63(66)57-54-51-48-45-42-39-36-33-31-29-26-23-20-17-14-11-8-5-2/h7,9-10,12,16-21,23,25-26,28-29,31,33,36,60H,4-6,8,11,13-15,22,24,27,30,32,34-35,37-59H2,1-3H3/b10-7-,12-9-,19-16-,20-17-,21-18-,26-23-,28-25-,31-29-,36-33-. The van der Waals surface area contributed by atoms with E-state index >= 15 is 0 Å². The van der Waals surface area contributed by atoms with Gasteiger partial charge in [0.25, 0.3) is 0 Å². The highest BCUT2D eigenvalue weighted by molar-refractivity contribution is 5.71. The normalized spacial score (nSPS) is 12.9. The molecule has 0 aromatic heterocycles. The highest BCUT2D eigenvalue weighted by Crippen LogP contribution is 2.15. The molecule has 0 saturated heterocycles. The lowest BCUT2D eigenvalue weighted by molar-refractivity contribution is -0.167. The molecule has 0 heterocycles. The Labute approximate surface area is 425 Å². The smallest absolute Gasteiger partial charge is 0.306 e. The molecule has 0 saturated carbocycles. The molecular formula is C63H104O6. The minimum absolute atomic E-state index is 0.0947. The van der Waals surface area contributed by atoms with Crippen molar-refractivity contribution in [1.29, 1.82) is 0 Å². The fraction of sp³-hybridized carbons (Fsp3) is 0.667. The molecule has 0 N–H and O–H groups in total. The maximum atomic E-state index is 12.9. The van der Waals surface area contributed by atoms with E-state index in [-0.39, 0.29) is 31.1 Å².